The summed E-state index contributed by atoms with van der Waals surface area (Å²) >= 11 is 19.1. The minimum absolute atomic E-state index is 0.00616. The second-order valence-electron chi connectivity index (χ2n) is 5.55. The highest BCUT2D eigenvalue weighted by Crippen LogP contribution is 2.36. The first kappa shape index (κ1) is 22.1. The lowest BCUT2D eigenvalue weighted by atomic mass is 10.2. The molecule has 0 saturated carbocycles. The van der Waals surface area contributed by atoms with Gasteiger partial charge in [0.25, 0.3) is 0 Å². The summed E-state index contributed by atoms with van der Waals surface area (Å²) in [6.45, 7) is 0. The highest BCUT2D eigenvalue weighted by Gasteiger charge is 2.33. The molecule has 0 aliphatic rings. The maximum atomic E-state index is 12.9. The summed E-state index contributed by atoms with van der Waals surface area (Å²) in [5.41, 5.74) is -0.274. The second kappa shape index (κ2) is 9.05. The largest absolute Gasteiger partial charge is 0.417 e. The maximum Gasteiger partial charge on any atom is 0.417 e. The second-order valence-corrected chi connectivity index (χ2v) is 9.24. The number of nitrogens with one attached hydrogen (secondary N) is 1. The van der Waals surface area contributed by atoms with E-state index in [1.807, 2.05) is 0 Å². The van der Waals surface area contributed by atoms with Crippen molar-refractivity contribution in [3.8, 4) is 5.69 Å². The van der Waals surface area contributed by atoms with Gasteiger partial charge in [0.15, 0.2) is 8.29 Å². The van der Waals surface area contributed by atoms with Gasteiger partial charge in [0, 0.05) is 10.7 Å². The van der Waals surface area contributed by atoms with E-state index in [1.54, 1.807) is 28.9 Å². The molecule has 0 bridgehead atoms. The van der Waals surface area contributed by atoms with Crippen LogP contribution in [0.15, 0.2) is 46.8 Å². The fourth-order valence-electron chi connectivity index (χ4n) is 2.21. The van der Waals surface area contributed by atoms with Gasteiger partial charge in [0.2, 0.25) is 5.91 Å². The summed E-state index contributed by atoms with van der Waals surface area (Å²) in [6, 6.07) is 10.1. The van der Waals surface area contributed by atoms with E-state index in [0.29, 0.717) is 13.3 Å². The fourth-order valence-corrected chi connectivity index (χ4v) is 4.72. The van der Waals surface area contributed by atoms with Crippen LogP contribution in [0, 0.1) is 3.95 Å². The fraction of sp³-hybridized carbons (Fsp3) is 0.118. The zero-order valence-electron chi connectivity index (χ0n) is 14.2. The molecule has 0 spiro atoms. The normalized spacial score (nSPS) is 11.5. The molecule has 1 aromatic heterocycles. The number of amides is 1. The van der Waals surface area contributed by atoms with Crippen molar-refractivity contribution in [1.29, 1.82) is 0 Å². The lowest BCUT2D eigenvalue weighted by Crippen LogP contribution is -2.15. The molecule has 0 aliphatic carbocycles. The van der Waals surface area contributed by atoms with Crippen molar-refractivity contribution in [2.45, 2.75) is 10.5 Å². The molecule has 1 heterocycles. The number of carbonyl (C=O) groups is 1. The van der Waals surface area contributed by atoms with Gasteiger partial charge in [-0.3, -0.25) is 4.79 Å². The van der Waals surface area contributed by atoms with Gasteiger partial charge >= 0.3 is 6.18 Å². The monoisotopic (exact) mass is 495 g/mol. The molecule has 3 aromatic rings. The molecule has 4 nitrogen and oxygen atoms in total. The number of benzene rings is 2. The van der Waals surface area contributed by atoms with E-state index in [9.17, 15) is 18.0 Å². The predicted octanol–water partition coefficient (Wildman–Crippen LogP) is 6.72. The zero-order valence-corrected chi connectivity index (χ0v) is 18.1. The van der Waals surface area contributed by atoms with Crippen molar-refractivity contribution in [3.63, 3.8) is 0 Å². The third-order valence-electron chi connectivity index (χ3n) is 3.48. The SMILES string of the molecule is O=C(CSc1nn(-c2ccc(Cl)cc2)c(=S)s1)Nc1ccc(Cl)c(C(F)(F)F)c1. The summed E-state index contributed by atoms with van der Waals surface area (Å²) in [5, 5.41) is 6.92. The van der Waals surface area contributed by atoms with Crippen LogP contribution in [-0.2, 0) is 11.0 Å². The van der Waals surface area contributed by atoms with E-state index < -0.39 is 22.7 Å². The number of nitrogens with zero attached hydrogens (tertiary/aromatic N) is 2. The summed E-state index contributed by atoms with van der Waals surface area (Å²) in [5.74, 6) is -0.531. The van der Waals surface area contributed by atoms with Crippen molar-refractivity contribution in [3.05, 3.63) is 62.0 Å². The Morgan fingerprint density at radius 3 is 2.55 bits per heavy atom. The number of halogens is 5. The van der Waals surface area contributed by atoms with E-state index in [-0.39, 0.29) is 11.4 Å². The first-order chi connectivity index (χ1) is 13.6. The molecule has 1 amide bonds. The van der Waals surface area contributed by atoms with Gasteiger partial charge in [-0.15, -0.1) is 5.10 Å². The molecule has 152 valence electrons. The number of thioether (sulfide) groups is 1. The van der Waals surface area contributed by atoms with Crippen LogP contribution in [0.5, 0.6) is 0 Å². The molecule has 0 unspecified atom stereocenters. The van der Waals surface area contributed by atoms with Gasteiger partial charge in [-0.05, 0) is 54.7 Å². The third kappa shape index (κ3) is 5.73. The summed E-state index contributed by atoms with van der Waals surface area (Å²) in [6.07, 6.45) is -4.61. The van der Waals surface area contributed by atoms with E-state index in [1.165, 1.54) is 17.4 Å². The number of alkyl halides is 3. The van der Waals surface area contributed by atoms with Crippen LogP contribution < -0.4 is 5.32 Å². The molecule has 0 radical (unpaired) electrons. The Kier molecular flexibility index (Phi) is 6.90. The minimum Gasteiger partial charge on any atom is -0.325 e. The van der Waals surface area contributed by atoms with Crippen LogP contribution in [-0.4, -0.2) is 21.4 Å². The highest BCUT2D eigenvalue weighted by atomic mass is 35.5. The molecule has 0 saturated heterocycles. The molecule has 12 heteroatoms. The first-order valence-electron chi connectivity index (χ1n) is 7.79. The Hall–Kier alpha value is -1.59. The van der Waals surface area contributed by atoms with E-state index >= 15 is 0 Å². The summed E-state index contributed by atoms with van der Waals surface area (Å²) in [7, 11) is 0. The topological polar surface area (TPSA) is 46.9 Å². The average Bonchev–Trinajstić information content (AvgIpc) is 3.02. The molecule has 29 heavy (non-hydrogen) atoms. The number of hydrogen-bond donors (Lipinski definition) is 1. The van der Waals surface area contributed by atoms with E-state index in [4.69, 9.17) is 35.4 Å². The number of aromatic nitrogens is 2. The third-order valence-corrected chi connectivity index (χ3v) is 6.43. The molecule has 0 atom stereocenters. The molecule has 0 fully saturated rings. The van der Waals surface area contributed by atoms with Crippen LogP contribution >= 0.6 is 58.5 Å². The van der Waals surface area contributed by atoms with Gasteiger partial charge in [-0.25, -0.2) is 4.68 Å². The first-order valence-corrected chi connectivity index (χ1v) is 10.8. The van der Waals surface area contributed by atoms with E-state index in [0.717, 1.165) is 29.6 Å². The number of anilines is 1. The van der Waals surface area contributed by atoms with Gasteiger partial charge in [0.05, 0.1) is 22.0 Å². The maximum absolute atomic E-state index is 12.9. The number of rotatable bonds is 5. The Morgan fingerprint density at radius 1 is 1.21 bits per heavy atom. The Morgan fingerprint density at radius 2 is 1.90 bits per heavy atom. The van der Waals surface area contributed by atoms with Crippen molar-refractivity contribution < 1.29 is 18.0 Å². The highest BCUT2D eigenvalue weighted by molar-refractivity contribution is 8.01. The van der Waals surface area contributed by atoms with Crippen molar-refractivity contribution in [2.75, 3.05) is 11.1 Å². The number of carbonyl (C=O) groups excluding carboxylic acids is 1. The predicted molar refractivity (Wildman–Crippen MR) is 113 cm³/mol. The zero-order chi connectivity index (χ0) is 21.2. The molecule has 1 N–H and O–H groups in total. The molecule has 3 rings (SSSR count). The molecular formula is C17H10Cl2F3N3OS3. The number of hydrogen-bond acceptors (Lipinski definition) is 5. The smallest absolute Gasteiger partial charge is 0.325 e. The summed E-state index contributed by atoms with van der Waals surface area (Å²) < 4.78 is 41.3. The van der Waals surface area contributed by atoms with Crippen molar-refractivity contribution in [2.24, 2.45) is 0 Å². The molecule has 0 aliphatic heterocycles. The van der Waals surface area contributed by atoms with Gasteiger partial charge in [-0.2, -0.15) is 13.2 Å². The Labute approximate surface area is 186 Å². The average molecular weight is 496 g/mol. The van der Waals surface area contributed by atoms with Crippen LogP contribution in [0.3, 0.4) is 0 Å². The quantitative estimate of drug-likeness (QED) is 0.315. The van der Waals surface area contributed by atoms with Crippen molar-refractivity contribution in [1.82, 2.24) is 9.78 Å². The van der Waals surface area contributed by atoms with Crippen LogP contribution in [0.4, 0.5) is 18.9 Å². The van der Waals surface area contributed by atoms with Crippen LogP contribution in [0.1, 0.15) is 5.56 Å². The standard InChI is InChI=1S/C17H10Cl2F3N3OS3/c18-9-1-4-11(5-2-9)25-16(27)29-15(24-25)28-8-14(26)23-10-3-6-13(19)12(7-10)17(20,21)22/h1-7H,8H2,(H,23,26). The van der Waals surface area contributed by atoms with Gasteiger partial charge in [0.1, 0.15) is 0 Å². The molecular weight excluding hydrogens is 486 g/mol. The molecule has 2 aromatic carbocycles. The van der Waals surface area contributed by atoms with Crippen molar-refractivity contribution >= 4 is 70.1 Å². The Bertz CT molecular complexity index is 1100. The van der Waals surface area contributed by atoms with Gasteiger partial charge in [-0.1, -0.05) is 46.3 Å². The lowest BCUT2D eigenvalue weighted by Gasteiger charge is -2.11. The van der Waals surface area contributed by atoms with Crippen LogP contribution in [0.25, 0.3) is 5.69 Å². The van der Waals surface area contributed by atoms with Gasteiger partial charge < -0.3 is 5.32 Å². The minimum atomic E-state index is -4.61. The lowest BCUT2D eigenvalue weighted by molar-refractivity contribution is -0.137. The van der Waals surface area contributed by atoms with Crippen LogP contribution in [0.2, 0.25) is 10.0 Å². The summed E-state index contributed by atoms with van der Waals surface area (Å²) in [4.78, 5) is 12.1. The Balaban J connectivity index is 1.65. The van der Waals surface area contributed by atoms with E-state index in [2.05, 4.69) is 10.4 Å².